The lowest BCUT2D eigenvalue weighted by Crippen LogP contribution is -2.33. The van der Waals surface area contributed by atoms with Gasteiger partial charge in [-0.05, 0) is 24.6 Å². The SMILES string of the molecule is O=C(c1ccccc1)N1CCC(c2ccccc2F)S(=O)(=O)CC1. The second-order valence-electron chi connectivity index (χ2n) is 5.82. The average molecular weight is 347 g/mol. The lowest BCUT2D eigenvalue weighted by Gasteiger charge is -2.20. The Balaban J connectivity index is 1.85. The van der Waals surface area contributed by atoms with Crippen molar-refractivity contribution in [1.29, 1.82) is 0 Å². The Kier molecular flexibility index (Phi) is 4.66. The minimum Gasteiger partial charge on any atom is -0.338 e. The highest BCUT2D eigenvalue weighted by Gasteiger charge is 2.34. The number of halogens is 1. The van der Waals surface area contributed by atoms with E-state index in [1.54, 1.807) is 30.3 Å². The Labute approximate surface area is 140 Å². The molecule has 126 valence electrons. The first-order chi connectivity index (χ1) is 11.5. The van der Waals surface area contributed by atoms with Crippen molar-refractivity contribution in [2.45, 2.75) is 11.7 Å². The molecule has 1 amide bonds. The molecule has 0 radical (unpaired) electrons. The van der Waals surface area contributed by atoms with E-state index in [1.807, 2.05) is 6.07 Å². The number of carbonyl (C=O) groups is 1. The molecule has 0 spiro atoms. The van der Waals surface area contributed by atoms with Crippen LogP contribution < -0.4 is 0 Å². The van der Waals surface area contributed by atoms with Gasteiger partial charge in [-0.1, -0.05) is 36.4 Å². The molecular weight excluding hydrogens is 329 g/mol. The van der Waals surface area contributed by atoms with Gasteiger partial charge < -0.3 is 4.90 Å². The van der Waals surface area contributed by atoms with Crippen LogP contribution in [-0.4, -0.2) is 38.1 Å². The Morgan fingerprint density at radius 3 is 2.38 bits per heavy atom. The highest BCUT2D eigenvalue weighted by atomic mass is 32.2. The van der Waals surface area contributed by atoms with E-state index in [0.717, 1.165) is 0 Å². The summed E-state index contributed by atoms with van der Waals surface area (Å²) in [5.74, 6) is -0.876. The van der Waals surface area contributed by atoms with Gasteiger partial charge in [-0.15, -0.1) is 0 Å². The number of hydrogen-bond donors (Lipinski definition) is 0. The van der Waals surface area contributed by atoms with Crippen LogP contribution in [0.3, 0.4) is 0 Å². The van der Waals surface area contributed by atoms with Crippen molar-refractivity contribution >= 4 is 15.7 Å². The molecule has 0 bridgehead atoms. The summed E-state index contributed by atoms with van der Waals surface area (Å²) >= 11 is 0. The molecular formula is C18H18FNO3S. The Bertz CT molecular complexity index is 836. The lowest BCUT2D eigenvalue weighted by molar-refractivity contribution is 0.0766. The van der Waals surface area contributed by atoms with Crippen molar-refractivity contribution in [1.82, 2.24) is 4.90 Å². The molecule has 1 aliphatic heterocycles. The molecule has 0 aromatic heterocycles. The fourth-order valence-corrected chi connectivity index (χ4v) is 4.80. The zero-order valence-corrected chi connectivity index (χ0v) is 13.9. The maximum absolute atomic E-state index is 14.0. The van der Waals surface area contributed by atoms with Gasteiger partial charge in [0.15, 0.2) is 9.84 Å². The van der Waals surface area contributed by atoms with Crippen molar-refractivity contribution in [3.8, 4) is 0 Å². The van der Waals surface area contributed by atoms with Gasteiger partial charge in [0.25, 0.3) is 5.91 Å². The molecule has 24 heavy (non-hydrogen) atoms. The number of nitrogens with zero attached hydrogens (tertiary/aromatic N) is 1. The van der Waals surface area contributed by atoms with E-state index in [1.165, 1.54) is 23.1 Å². The summed E-state index contributed by atoms with van der Waals surface area (Å²) in [6, 6.07) is 14.7. The van der Waals surface area contributed by atoms with Gasteiger partial charge in [-0.2, -0.15) is 0 Å². The van der Waals surface area contributed by atoms with Crippen LogP contribution in [0.1, 0.15) is 27.6 Å². The first-order valence-corrected chi connectivity index (χ1v) is 9.51. The Hall–Kier alpha value is -2.21. The van der Waals surface area contributed by atoms with Crippen LogP contribution in [0.5, 0.6) is 0 Å². The molecule has 2 aromatic rings. The molecule has 1 atom stereocenters. The third-order valence-corrected chi connectivity index (χ3v) is 6.41. The summed E-state index contributed by atoms with van der Waals surface area (Å²) in [7, 11) is -3.52. The van der Waals surface area contributed by atoms with Crippen molar-refractivity contribution in [3.63, 3.8) is 0 Å². The maximum Gasteiger partial charge on any atom is 0.253 e. The minimum absolute atomic E-state index is 0.126. The maximum atomic E-state index is 14.0. The molecule has 6 heteroatoms. The van der Waals surface area contributed by atoms with Gasteiger partial charge in [-0.25, -0.2) is 12.8 Å². The van der Waals surface area contributed by atoms with E-state index in [0.29, 0.717) is 5.56 Å². The predicted molar refractivity (Wildman–Crippen MR) is 89.9 cm³/mol. The summed E-state index contributed by atoms with van der Waals surface area (Å²) in [5, 5.41) is -0.910. The van der Waals surface area contributed by atoms with Gasteiger partial charge in [0, 0.05) is 24.2 Å². The summed E-state index contributed by atoms with van der Waals surface area (Å²) in [6.45, 7) is 0.410. The van der Waals surface area contributed by atoms with Crippen molar-refractivity contribution in [2.24, 2.45) is 0 Å². The van der Waals surface area contributed by atoms with Crippen LogP contribution in [0.25, 0.3) is 0 Å². The van der Waals surface area contributed by atoms with Crippen molar-refractivity contribution < 1.29 is 17.6 Å². The number of hydrogen-bond acceptors (Lipinski definition) is 3. The number of carbonyl (C=O) groups excluding carboxylic acids is 1. The highest BCUT2D eigenvalue weighted by Crippen LogP contribution is 2.31. The van der Waals surface area contributed by atoms with E-state index < -0.39 is 20.9 Å². The summed E-state index contributed by atoms with van der Waals surface area (Å²) < 4.78 is 39.1. The van der Waals surface area contributed by atoms with E-state index in [-0.39, 0.29) is 36.7 Å². The number of amides is 1. The Morgan fingerprint density at radius 1 is 1.00 bits per heavy atom. The number of benzene rings is 2. The quantitative estimate of drug-likeness (QED) is 0.839. The molecule has 1 saturated heterocycles. The average Bonchev–Trinajstić information content (AvgIpc) is 2.74. The minimum atomic E-state index is -3.52. The van der Waals surface area contributed by atoms with Crippen LogP contribution in [0.2, 0.25) is 0 Å². The lowest BCUT2D eigenvalue weighted by atomic mass is 10.1. The molecule has 0 saturated carbocycles. The smallest absolute Gasteiger partial charge is 0.253 e. The molecule has 1 heterocycles. The fourth-order valence-electron chi connectivity index (χ4n) is 3.00. The van der Waals surface area contributed by atoms with Gasteiger partial charge >= 0.3 is 0 Å². The molecule has 0 N–H and O–H groups in total. The summed E-state index contributed by atoms with van der Waals surface area (Å²) in [6.07, 6.45) is 0.196. The second kappa shape index (κ2) is 6.73. The summed E-state index contributed by atoms with van der Waals surface area (Å²) in [4.78, 5) is 14.1. The zero-order valence-electron chi connectivity index (χ0n) is 13.1. The predicted octanol–water partition coefficient (Wildman–Crippen LogP) is 2.83. The zero-order chi connectivity index (χ0) is 17.2. The van der Waals surface area contributed by atoms with Gasteiger partial charge in [0.1, 0.15) is 5.82 Å². The largest absolute Gasteiger partial charge is 0.338 e. The monoisotopic (exact) mass is 347 g/mol. The van der Waals surface area contributed by atoms with Crippen LogP contribution in [0.15, 0.2) is 54.6 Å². The molecule has 2 aromatic carbocycles. The first kappa shape index (κ1) is 16.6. The van der Waals surface area contributed by atoms with Gasteiger partial charge in [0.05, 0.1) is 11.0 Å². The van der Waals surface area contributed by atoms with Gasteiger partial charge in [0.2, 0.25) is 0 Å². The van der Waals surface area contributed by atoms with Crippen LogP contribution in [-0.2, 0) is 9.84 Å². The van der Waals surface area contributed by atoms with Crippen molar-refractivity contribution in [3.05, 3.63) is 71.5 Å². The van der Waals surface area contributed by atoms with Crippen LogP contribution in [0, 0.1) is 5.82 Å². The van der Waals surface area contributed by atoms with E-state index >= 15 is 0 Å². The standard InChI is InChI=1S/C18H18FNO3S/c19-16-9-5-4-8-15(16)17-10-11-20(12-13-24(17,22)23)18(21)14-6-2-1-3-7-14/h1-9,17H,10-13H2. The van der Waals surface area contributed by atoms with Crippen LogP contribution in [0.4, 0.5) is 4.39 Å². The summed E-state index contributed by atoms with van der Waals surface area (Å²) in [5.41, 5.74) is 0.714. The normalized spacial score (nSPS) is 20.4. The fraction of sp³-hybridized carbons (Fsp3) is 0.278. The molecule has 0 aliphatic carbocycles. The van der Waals surface area contributed by atoms with Gasteiger partial charge in [-0.3, -0.25) is 4.79 Å². The highest BCUT2D eigenvalue weighted by molar-refractivity contribution is 7.91. The topological polar surface area (TPSA) is 54.5 Å². The molecule has 1 aliphatic rings. The first-order valence-electron chi connectivity index (χ1n) is 7.79. The van der Waals surface area contributed by atoms with Crippen molar-refractivity contribution in [2.75, 3.05) is 18.8 Å². The molecule has 1 fully saturated rings. The van der Waals surface area contributed by atoms with Crippen LogP contribution >= 0.6 is 0 Å². The molecule has 3 rings (SSSR count). The Morgan fingerprint density at radius 2 is 1.67 bits per heavy atom. The third kappa shape index (κ3) is 3.33. The van der Waals surface area contributed by atoms with E-state index in [4.69, 9.17) is 0 Å². The third-order valence-electron chi connectivity index (χ3n) is 4.30. The van der Waals surface area contributed by atoms with E-state index in [9.17, 15) is 17.6 Å². The second-order valence-corrected chi connectivity index (χ2v) is 8.13. The number of sulfone groups is 1. The molecule has 4 nitrogen and oxygen atoms in total. The van der Waals surface area contributed by atoms with E-state index in [2.05, 4.69) is 0 Å². The number of rotatable bonds is 2. The molecule has 1 unspecified atom stereocenters.